The molecule has 2 aliphatic rings. The molecule has 4 rings (SSSR count). The summed E-state index contributed by atoms with van der Waals surface area (Å²) < 4.78 is 121. The molecule has 1 heterocycles. The minimum Gasteiger partial charge on any atom is -0.223 e. The highest BCUT2D eigenvalue weighted by Gasteiger charge is 2.55. The second-order valence-corrected chi connectivity index (χ2v) is 13.5. The summed E-state index contributed by atoms with van der Waals surface area (Å²) >= 11 is 0. The fourth-order valence-electron chi connectivity index (χ4n) is 5.48. The van der Waals surface area contributed by atoms with Crippen LogP contribution in [0.25, 0.3) is 0 Å². The van der Waals surface area contributed by atoms with E-state index in [-0.39, 0.29) is 38.0 Å². The second-order valence-electron chi connectivity index (χ2n) is 9.18. The largest absolute Gasteiger partial charge is 0.416 e. The molecule has 0 radical (unpaired) electrons. The normalized spacial score (nSPS) is 26.8. The number of halogens is 5. The lowest BCUT2D eigenvalue weighted by molar-refractivity contribution is -0.137. The van der Waals surface area contributed by atoms with Crippen LogP contribution >= 0.6 is 0 Å². The van der Waals surface area contributed by atoms with E-state index in [4.69, 9.17) is 0 Å². The van der Waals surface area contributed by atoms with Gasteiger partial charge in [-0.2, -0.15) is 17.5 Å². The zero-order valence-corrected chi connectivity index (χ0v) is 20.6. The monoisotopic (exact) mass is 549 g/mol. The maximum atomic E-state index is 15.1. The molecule has 36 heavy (non-hydrogen) atoms. The van der Waals surface area contributed by atoms with E-state index < -0.39 is 70.4 Å². The molecule has 0 spiro atoms. The van der Waals surface area contributed by atoms with Gasteiger partial charge < -0.3 is 0 Å². The average molecular weight is 550 g/mol. The Balaban J connectivity index is 1.85. The molecule has 12 heteroatoms. The van der Waals surface area contributed by atoms with E-state index in [9.17, 15) is 34.4 Å². The van der Waals surface area contributed by atoms with Crippen molar-refractivity contribution in [2.24, 2.45) is 5.92 Å². The summed E-state index contributed by atoms with van der Waals surface area (Å²) in [5.41, 5.74) is -1.46. The van der Waals surface area contributed by atoms with Crippen molar-refractivity contribution >= 4 is 19.9 Å². The quantitative estimate of drug-likeness (QED) is 0.387. The number of alkyl halides is 3. The summed E-state index contributed by atoms with van der Waals surface area (Å²) in [6.45, 7) is 3.61. The SMILES string of the molecule is C=CCN1[C@@H]2CC[C@](c3cc(F)ccc3F)(S(=O)(=O)c3ccc(C(F)(F)F)cc3)C[C@@H]2CCS1(=O)=O. The van der Waals surface area contributed by atoms with Crippen molar-refractivity contribution in [2.45, 2.75) is 47.5 Å². The van der Waals surface area contributed by atoms with Crippen LogP contribution in [0.3, 0.4) is 0 Å². The van der Waals surface area contributed by atoms with E-state index in [0.29, 0.717) is 12.1 Å². The highest BCUT2D eigenvalue weighted by molar-refractivity contribution is 7.92. The molecule has 1 aliphatic heterocycles. The van der Waals surface area contributed by atoms with E-state index in [1.807, 2.05) is 0 Å². The second kappa shape index (κ2) is 9.21. The predicted molar refractivity (Wildman–Crippen MR) is 123 cm³/mol. The van der Waals surface area contributed by atoms with Gasteiger partial charge in [-0.1, -0.05) is 6.08 Å². The van der Waals surface area contributed by atoms with Crippen LogP contribution in [0.4, 0.5) is 22.0 Å². The number of rotatable bonds is 5. The van der Waals surface area contributed by atoms with E-state index in [1.54, 1.807) is 0 Å². The van der Waals surface area contributed by atoms with Crippen molar-refractivity contribution in [3.63, 3.8) is 0 Å². The third-order valence-electron chi connectivity index (χ3n) is 7.19. The van der Waals surface area contributed by atoms with Crippen LogP contribution in [0, 0.1) is 17.6 Å². The summed E-state index contributed by atoms with van der Waals surface area (Å²) in [6.07, 6.45) is -3.58. The molecule has 2 aromatic rings. The van der Waals surface area contributed by atoms with Crippen LogP contribution in [-0.2, 0) is 30.8 Å². The van der Waals surface area contributed by atoms with Crippen molar-refractivity contribution in [3.8, 4) is 0 Å². The molecule has 0 unspecified atom stereocenters. The van der Waals surface area contributed by atoms with E-state index in [0.717, 1.165) is 30.3 Å². The Hall–Kier alpha value is -2.31. The molecular formula is C24H24F5NO4S2. The first-order valence-electron chi connectivity index (χ1n) is 11.2. The molecule has 0 N–H and O–H groups in total. The Morgan fingerprint density at radius 3 is 2.36 bits per heavy atom. The van der Waals surface area contributed by atoms with Crippen molar-refractivity contribution in [3.05, 3.63) is 77.9 Å². The molecule has 1 saturated carbocycles. The van der Waals surface area contributed by atoms with Crippen LogP contribution < -0.4 is 0 Å². The Morgan fingerprint density at radius 1 is 1.08 bits per heavy atom. The van der Waals surface area contributed by atoms with Crippen molar-refractivity contribution in [1.82, 2.24) is 4.31 Å². The number of benzene rings is 2. The maximum absolute atomic E-state index is 15.1. The summed E-state index contributed by atoms with van der Waals surface area (Å²) in [5, 5.41) is 0. The Labute approximate surface area is 206 Å². The highest BCUT2D eigenvalue weighted by Crippen LogP contribution is 2.52. The molecule has 2 aromatic carbocycles. The molecule has 0 aromatic heterocycles. The molecule has 196 valence electrons. The Bertz CT molecular complexity index is 1370. The van der Waals surface area contributed by atoms with E-state index >= 15 is 4.39 Å². The van der Waals surface area contributed by atoms with Crippen molar-refractivity contribution < 1.29 is 38.8 Å². The molecule has 5 nitrogen and oxygen atoms in total. The van der Waals surface area contributed by atoms with Gasteiger partial charge in [-0.3, -0.25) is 0 Å². The van der Waals surface area contributed by atoms with Gasteiger partial charge in [0, 0.05) is 18.2 Å². The lowest BCUT2D eigenvalue weighted by Crippen LogP contribution is -2.56. The lowest BCUT2D eigenvalue weighted by Gasteiger charge is -2.49. The van der Waals surface area contributed by atoms with Gasteiger partial charge in [-0.15, -0.1) is 6.58 Å². The van der Waals surface area contributed by atoms with Gasteiger partial charge in [0.05, 0.1) is 16.2 Å². The molecular weight excluding hydrogens is 525 g/mol. The number of nitrogens with zero attached hydrogens (tertiary/aromatic N) is 1. The molecule has 0 amide bonds. The van der Waals surface area contributed by atoms with Crippen LogP contribution in [0.1, 0.15) is 36.8 Å². The van der Waals surface area contributed by atoms with Crippen LogP contribution in [0.5, 0.6) is 0 Å². The maximum Gasteiger partial charge on any atom is 0.416 e. The molecule has 1 saturated heterocycles. The molecule has 1 aliphatic carbocycles. The van der Waals surface area contributed by atoms with Gasteiger partial charge in [0.25, 0.3) is 0 Å². The van der Waals surface area contributed by atoms with E-state index in [2.05, 4.69) is 6.58 Å². The Kier molecular flexibility index (Phi) is 6.85. The van der Waals surface area contributed by atoms with Crippen molar-refractivity contribution in [2.75, 3.05) is 12.3 Å². The van der Waals surface area contributed by atoms with Crippen LogP contribution in [0.2, 0.25) is 0 Å². The van der Waals surface area contributed by atoms with E-state index in [1.165, 1.54) is 10.4 Å². The summed E-state index contributed by atoms with van der Waals surface area (Å²) in [7, 11) is -8.16. The fourth-order valence-corrected chi connectivity index (χ4v) is 9.55. The van der Waals surface area contributed by atoms with Crippen LogP contribution in [0.15, 0.2) is 60.0 Å². The smallest absolute Gasteiger partial charge is 0.223 e. The summed E-state index contributed by atoms with van der Waals surface area (Å²) in [4.78, 5) is -0.455. The first-order valence-corrected chi connectivity index (χ1v) is 14.3. The van der Waals surface area contributed by atoms with Crippen LogP contribution in [-0.4, -0.2) is 39.5 Å². The minimum absolute atomic E-state index is 0.0243. The van der Waals surface area contributed by atoms with Gasteiger partial charge >= 0.3 is 6.18 Å². The number of sulfone groups is 1. The average Bonchev–Trinajstić information content (AvgIpc) is 2.81. The van der Waals surface area contributed by atoms with Gasteiger partial charge in [0.2, 0.25) is 10.0 Å². The molecule has 2 fully saturated rings. The standard InChI is InChI=1S/C24H24F5NO4S2/c1-2-12-30-22-9-11-23(15-16(22)10-13-35(30,31)32,20-14-18(25)5-8-21(20)26)36(33,34)19-6-3-17(4-7-19)24(27,28)29/h2-8,14,16,22H,1,9-13,15H2/t16-,22+,23-/m0/s1. The first kappa shape index (κ1) is 26.7. The molecule has 0 bridgehead atoms. The van der Waals surface area contributed by atoms with Crippen molar-refractivity contribution in [1.29, 1.82) is 0 Å². The summed E-state index contributed by atoms with van der Waals surface area (Å²) in [6, 6.07) is 4.81. The Morgan fingerprint density at radius 2 is 1.75 bits per heavy atom. The number of hydrogen-bond donors (Lipinski definition) is 0. The zero-order valence-electron chi connectivity index (χ0n) is 19.0. The number of sulfonamides is 1. The zero-order chi connectivity index (χ0) is 26.5. The summed E-state index contributed by atoms with van der Waals surface area (Å²) in [5.74, 6) is -2.58. The highest BCUT2D eigenvalue weighted by atomic mass is 32.2. The fraction of sp³-hybridized carbons (Fsp3) is 0.417. The van der Waals surface area contributed by atoms with Gasteiger partial charge in [-0.25, -0.2) is 25.6 Å². The topological polar surface area (TPSA) is 71.5 Å². The van der Waals surface area contributed by atoms with Gasteiger partial charge in [0.1, 0.15) is 16.4 Å². The number of hydrogen-bond acceptors (Lipinski definition) is 4. The third-order valence-corrected chi connectivity index (χ3v) is 11.6. The minimum atomic E-state index is -4.69. The first-order chi connectivity index (χ1) is 16.7. The number of fused-ring (bicyclic) bond motifs is 1. The van der Waals surface area contributed by atoms with Gasteiger partial charge in [-0.05, 0) is 74.1 Å². The predicted octanol–water partition coefficient (Wildman–Crippen LogP) is 5.04. The van der Waals surface area contributed by atoms with Gasteiger partial charge in [0.15, 0.2) is 9.84 Å². The lowest BCUT2D eigenvalue weighted by atomic mass is 9.73. The molecule has 3 atom stereocenters. The third kappa shape index (κ3) is 4.47.